The molecule has 1 unspecified atom stereocenters. The number of halogens is 1. The molecule has 1 aliphatic carbocycles. The van der Waals surface area contributed by atoms with Crippen LogP contribution in [0.3, 0.4) is 0 Å². The molecule has 164 valence electrons. The maximum atomic E-state index is 6.43. The molecule has 6 N–H and O–H groups in total. The summed E-state index contributed by atoms with van der Waals surface area (Å²) in [5, 5.41) is 5.70. The maximum Gasteiger partial charge on any atom is 0.326 e. The summed E-state index contributed by atoms with van der Waals surface area (Å²) < 4.78 is 5.89. The Morgan fingerprint density at radius 3 is 2.75 bits per heavy atom. The Hall–Kier alpha value is -3.37. The molecule has 6 rings (SSSR count). The van der Waals surface area contributed by atoms with Crippen molar-refractivity contribution in [3.8, 4) is 11.8 Å². The van der Waals surface area contributed by atoms with Crippen LogP contribution in [0.4, 0.5) is 17.5 Å². The van der Waals surface area contributed by atoms with Crippen LogP contribution in [-0.2, 0) is 0 Å². The average Bonchev–Trinajstić information content (AvgIpc) is 3.31. The van der Waals surface area contributed by atoms with Gasteiger partial charge in [-0.15, -0.1) is 0 Å². The smallest absolute Gasteiger partial charge is 0.326 e. The average molecular weight is 452 g/mol. The minimum absolute atomic E-state index is 0.172. The number of hydrogen-bond donors (Lipinski definition) is 4. The quantitative estimate of drug-likeness (QED) is 0.368. The second-order valence-electron chi connectivity index (χ2n) is 8.41. The number of nitrogens with one attached hydrogen (secondary N) is 2. The summed E-state index contributed by atoms with van der Waals surface area (Å²) in [6.45, 7) is 1.76. The number of nitrogens with two attached hydrogens (primary N) is 2. The van der Waals surface area contributed by atoms with Crippen LogP contribution in [0.15, 0.2) is 24.5 Å². The molecule has 32 heavy (non-hydrogen) atoms. The summed E-state index contributed by atoms with van der Waals surface area (Å²) in [6.07, 6.45) is 4.04. The predicted octanol–water partition coefficient (Wildman–Crippen LogP) is 2.75. The van der Waals surface area contributed by atoms with E-state index in [0.717, 1.165) is 47.3 Å². The predicted molar refractivity (Wildman–Crippen MR) is 124 cm³/mol. The molecular formula is C21H22ClN9O. The second kappa shape index (κ2) is 7.07. The molecule has 4 heterocycles. The van der Waals surface area contributed by atoms with Gasteiger partial charge in [0.15, 0.2) is 5.75 Å². The molecule has 3 atom stereocenters. The molecular weight excluding hydrogens is 430 g/mol. The van der Waals surface area contributed by atoms with Crippen LogP contribution >= 0.6 is 11.6 Å². The fraction of sp³-hybridized carbons (Fsp3) is 0.333. The first-order valence-corrected chi connectivity index (χ1v) is 10.8. The highest BCUT2D eigenvalue weighted by molar-refractivity contribution is 6.32. The highest BCUT2D eigenvalue weighted by atomic mass is 35.5. The first kappa shape index (κ1) is 19.3. The zero-order chi connectivity index (χ0) is 22.0. The van der Waals surface area contributed by atoms with E-state index in [9.17, 15) is 0 Å². The van der Waals surface area contributed by atoms with E-state index in [2.05, 4.69) is 30.2 Å². The van der Waals surface area contributed by atoms with Crippen LogP contribution in [-0.4, -0.2) is 51.1 Å². The molecule has 0 bridgehead atoms. The Morgan fingerprint density at radius 2 is 2.03 bits per heavy atom. The van der Waals surface area contributed by atoms with Gasteiger partial charge < -0.3 is 31.4 Å². The number of nitrogens with zero attached hydrogens (tertiary/aromatic N) is 5. The zero-order valence-electron chi connectivity index (χ0n) is 17.3. The summed E-state index contributed by atoms with van der Waals surface area (Å²) in [6, 6.07) is 4.27. The standard InChI is InChI=1S/C21H22ClN9O/c1-25-15-4-10(22)3-12-16-18(28-17(12)15)29-21(32-11-5-26-20(24)27-6-11)30-19(16)31-7-9-2-14(23)13(9)8-31/h3-6,9,13-14,25H,2,7-8,23H2,1H3,(H2,24,26,27)(H,28,29,30)/t9-,13?,14-/m0/s1. The monoisotopic (exact) mass is 451 g/mol. The van der Waals surface area contributed by atoms with Crippen LogP contribution in [0.25, 0.3) is 21.9 Å². The van der Waals surface area contributed by atoms with Gasteiger partial charge in [0.2, 0.25) is 5.95 Å². The van der Waals surface area contributed by atoms with Crippen molar-refractivity contribution in [2.45, 2.75) is 12.5 Å². The van der Waals surface area contributed by atoms with Crippen molar-refractivity contribution in [2.75, 3.05) is 36.1 Å². The van der Waals surface area contributed by atoms with E-state index in [0.29, 0.717) is 28.3 Å². The van der Waals surface area contributed by atoms with Crippen LogP contribution in [0.5, 0.6) is 11.8 Å². The first-order chi connectivity index (χ1) is 15.5. The lowest BCUT2D eigenvalue weighted by molar-refractivity contribution is 0.194. The SMILES string of the molecule is CNc1cc(Cl)cc2c1[nH]c1nc(Oc3cnc(N)nc3)nc(N3CC4[C@@H](C[C@@H]4N)C3)c12. The largest absolute Gasteiger partial charge is 0.421 e. The summed E-state index contributed by atoms with van der Waals surface area (Å²) in [7, 11) is 1.86. The molecule has 1 aliphatic heterocycles. The summed E-state index contributed by atoms with van der Waals surface area (Å²) in [4.78, 5) is 23.1. The van der Waals surface area contributed by atoms with Gasteiger partial charge in [0, 0.05) is 36.6 Å². The summed E-state index contributed by atoms with van der Waals surface area (Å²) in [5.41, 5.74) is 14.3. The Labute approximate surface area is 188 Å². The van der Waals surface area contributed by atoms with Gasteiger partial charge in [-0.2, -0.15) is 9.97 Å². The van der Waals surface area contributed by atoms with E-state index in [1.54, 1.807) is 0 Å². The molecule has 1 aromatic carbocycles. The van der Waals surface area contributed by atoms with Crippen LogP contribution in [0.2, 0.25) is 5.02 Å². The fourth-order valence-electron chi connectivity index (χ4n) is 4.91. The summed E-state index contributed by atoms with van der Waals surface area (Å²) >= 11 is 6.43. The van der Waals surface area contributed by atoms with E-state index in [1.807, 2.05) is 19.2 Å². The van der Waals surface area contributed by atoms with Gasteiger partial charge in [-0.05, 0) is 30.4 Å². The lowest BCUT2D eigenvalue weighted by Gasteiger charge is -2.36. The highest BCUT2D eigenvalue weighted by Crippen LogP contribution is 2.44. The Kier molecular flexibility index (Phi) is 4.27. The lowest BCUT2D eigenvalue weighted by Crippen LogP contribution is -2.46. The van der Waals surface area contributed by atoms with Crippen molar-refractivity contribution in [3.63, 3.8) is 0 Å². The number of aromatic amines is 1. The van der Waals surface area contributed by atoms with Crippen molar-refractivity contribution in [1.29, 1.82) is 0 Å². The molecule has 2 aliphatic rings. The van der Waals surface area contributed by atoms with Crippen molar-refractivity contribution in [1.82, 2.24) is 24.9 Å². The molecule has 11 heteroatoms. The third kappa shape index (κ3) is 2.98. The molecule has 10 nitrogen and oxygen atoms in total. The molecule has 2 fully saturated rings. The van der Waals surface area contributed by atoms with Gasteiger partial charge in [-0.3, -0.25) is 0 Å². The number of aromatic nitrogens is 5. The van der Waals surface area contributed by atoms with E-state index < -0.39 is 0 Å². The maximum absolute atomic E-state index is 6.43. The third-order valence-corrected chi connectivity index (χ3v) is 6.75. The van der Waals surface area contributed by atoms with Crippen LogP contribution < -0.4 is 26.4 Å². The number of nitrogen functional groups attached to an aromatic ring is 1. The first-order valence-electron chi connectivity index (χ1n) is 10.5. The van der Waals surface area contributed by atoms with E-state index in [1.165, 1.54) is 12.4 Å². The fourth-order valence-corrected chi connectivity index (χ4v) is 5.13. The topological polar surface area (TPSA) is 144 Å². The number of ether oxygens (including phenoxy) is 1. The number of rotatable bonds is 4. The molecule has 1 saturated heterocycles. The third-order valence-electron chi connectivity index (χ3n) is 6.53. The molecule has 0 amide bonds. The number of hydrogen-bond acceptors (Lipinski definition) is 9. The Balaban J connectivity index is 1.53. The van der Waals surface area contributed by atoms with E-state index in [4.69, 9.17) is 32.8 Å². The Bertz CT molecular complexity index is 1340. The highest BCUT2D eigenvalue weighted by Gasteiger charge is 2.46. The van der Waals surface area contributed by atoms with Gasteiger partial charge in [0.1, 0.15) is 11.5 Å². The molecule has 4 aromatic rings. The van der Waals surface area contributed by atoms with Crippen molar-refractivity contribution < 1.29 is 4.74 Å². The van der Waals surface area contributed by atoms with Crippen molar-refractivity contribution >= 4 is 51.0 Å². The van der Waals surface area contributed by atoms with Crippen LogP contribution in [0, 0.1) is 11.8 Å². The summed E-state index contributed by atoms with van der Waals surface area (Å²) in [5.74, 6) is 2.45. The molecule has 0 radical (unpaired) electrons. The van der Waals surface area contributed by atoms with Crippen LogP contribution in [0.1, 0.15) is 6.42 Å². The minimum atomic E-state index is 0.172. The number of H-pyrrole nitrogens is 1. The van der Waals surface area contributed by atoms with Crippen molar-refractivity contribution in [2.24, 2.45) is 17.6 Å². The van der Waals surface area contributed by atoms with E-state index in [-0.39, 0.29) is 18.0 Å². The molecule has 3 aromatic heterocycles. The zero-order valence-corrected chi connectivity index (χ0v) is 18.1. The second-order valence-corrected chi connectivity index (χ2v) is 8.85. The van der Waals surface area contributed by atoms with E-state index >= 15 is 0 Å². The number of anilines is 3. The van der Waals surface area contributed by atoms with Gasteiger partial charge >= 0.3 is 6.01 Å². The van der Waals surface area contributed by atoms with Crippen molar-refractivity contribution in [3.05, 3.63) is 29.5 Å². The molecule has 1 saturated carbocycles. The molecule has 0 spiro atoms. The van der Waals surface area contributed by atoms with Gasteiger partial charge in [0.05, 0.1) is 29.0 Å². The number of benzene rings is 1. The Morgan fingerprint density at radius 1 is 1.22 bits per heavy atom. The van der Waals surface area contributed by atoms with Gasteiger partial charge in [-0.25, -0.2) is 9.97 Å². The minimum Gasteiger partial charge on any atom is -0.421 e. The normalized spacial score (nSPS) is 22.2. The number of fused-ring (bicyclic) bond motifs is 4. The lowest BCUT2D eigenvalue weighted by atomic mass is 9.72. The van der Waals surface area contributed by atoms with Gasteiger partial charge in [0.25, 0.3) is 0 Å². The van der Waals surface area contributed by atoms with Gasteiger partial charge in [-0.1, -0.05) is 11.6 Å².